The molecule has 1 amide bonds. The van der Waals surface area contributed by atoms with Crippen LogP contribution in [0.1, 0.15) is 23.0 Å². The molecule has 1 aromatic carbocycles. The second-order valence-corrected chi connectivity index (χ2v) is 6.27. The lowest BCUT2D eigenvalue weighted by Gasteiger charge is -2.06. The number of fused-ring (bicyclic) bond motifs is 1. The molecule has 2 aromatic rings. The maximum atomic E-state index is 12.0. The van der Waals surface area contributed by atoms with Crippen molar-refractivity contribution >= 4 is 50.5 Å². The molecule has 2 rings (SSSR count). The Kier molecular flexibility index (Phi) is 4.68. The van der Waals surface area contributed by atoms with Crippen molar-refractivity contribution < 1.29 is 4.79 Å². The SMILES string of the molecule is CC(N)CCNC(=O)c1sc2cc(Cl)ccc2c1Cl. The van der Waals surface area contributed by atoms with Gasteiger partial charge >= 0.3 is 0 Å². The highest BCUT2D eigenvalue weighted by molar-refractivity contribution is 7.21. The lowest BCUT2D eigenvalue weighted by atomic mass is 10.2. The van der Waals surface area contributed by atoms with Crippen molar-refractivity contribution in [3.63, 3.8) is 0 Å². The second kappa shape index (κ2) is 6.09. The summed E-state index contributed by atoms with van der Waals surface area (Å²) in [6, 6.07) is 5.47. The number of benzene rings is 1. The Bertz CT molecular complexity index is 610. The summed E-state index contributed by atoms with van der Waals surface area (Å²) in [6.45, 7) is 2.45. The number of halogens is 2. The van der Waals surface area contributed by atoms with Gasteiger partial charge in [0.05, 0.1) is 5.02 Å². The molecule has 6 heteroatoms. The van der Waals surface area contributed by atoms with Crippen LogP contribution >= 0.6 is 34.5 Å². The van der Waals surface area contributed by atoms with E-state index in [1.165, 1.54) is 11.3 Å². The van der Waals surface area contributed by atoms with E-state index in [4.69, 9.17) is 28.9 Å². The summed E-state index contributed by atoms with van der Waals surface area (Å²) in [7, 11) is 0. The number of carbonyl (C=O) groups excluding carboxylic acids is 1. The molecule has 0 fully saturated rings. The first-order valence-electron chi connectivity index (χ1n) is 5.90. The molecule has 0 saturated heterocycles. The molecular weight excluding hydrogens is 303 g/mol. The highest BCUT2D eigenvalue weighted by atomic mass is 35.5. The van der Waals surface area contributed by atoms with Gasteiger partial charge < -0.3 is 11.1 Å². The molecule has 1 aromatic heterocycles. The van der Waals surface area contributed by atoms with E-state index in [0.29, 0.717) is 21.5 Å². The summed E-state index contributed by atoms with van der Waals surface area (Å²) < 4.78 is 0.912. The summed E-state index contributed by atoms with van der Waals surface area (Å²) in [5, 5.41) is 4.79. The van der Waals surface area contributed by atoms with Crippen LogP contribution in [0.25, 0.3) is 10.1 Å². The zero-order valence-corrected chi connectivity index (χ0v) is 12.7. The Morgan fingerprint density at radius 3 is 2.89 bits per heavy atom. The average molecular weight is 317 g/mol. The first kappa shape index (κ1) is 14.6. The van der Waals surface area contributed by atoms with Gasteiger partial charge in [-0.1, -0.05) is 29.3 Å². The number of carbonyl (C=O) groups is 1. The first-order chi connectivity index (χ1) is 8.99. The Hall–Kier alpha value is -0.810. The highest BCUT2D eigenvalue weighted by Crippen LogP contribution is 2.36. The van der Waals surface area contributed by atoms with Crippen molar-refractivity contribution in [3.05, 3.63) is 33.1 Å². The van der Waals surface area contributed by atoms with Gasteiger partial charge in [0.15, 0.2) is 0 Å². The molecule has 3 N–H and O–H groups in total. The quantitative estimate of drug-likeness (QED) is 0.904. The van der Waals surface area contributed by atoms with Gasteiger partial charge in [-0.05, 0) is 25.5 Å². The largest absolute Gasteiger partial charge is 0.351 e. The van der Waals surface area contributed by atoms with Crippen LogP contribution in [0.5, 0.6) is 0 Å². The van der Waals surface area contributed by atoms with Crippen LogP contribution in [0.3, 0.4) is 0 Å². The van der Waals surface area contributed by atoms with Gasteiger partial charge in [0.2, 0.25) is 0 Å². The molecule has 0 aliphatic rings. The Balaban J connectivity index is 2.20. The van der Waals surface area contributed by atoms with Crippen molar-refractivity contribution in [3.8, 4) is 0 Å². The molecular formula is C13H14Cl2N2OS. The zero-order valence-electron chi connectivity index (χ0n) is 10.4. The molecule has 0 aliphatic carbocycles. The van der Waals surface area contributed by atoms with Crippen molar-refractivity contribution in [2.24, 2.45) is 5.73 Å². The van der Waals surface area contributed by atoms with Gasteiger partial charge in [0.1, 0.15) is 4.88 Å². The summed E-state index contributed by atoms with van der Waals surface area (Å²) in [5.74, 6) is -0.164. The van der Waals surface area contributed by atoms with Crippen molar-refractivity contribution in [1.82, 2.24) is 5.32 Å². The fraction of sp³-hybridized carbons (Fsp3) is 0.308. The predicted molar refractivity (Wildman–Crippen MR) is 82.4 cm³/mol. The van der Waals surface area contributed by atoms with Crippen molar-refractivity contribution in [2.45, 2.75) is 19.4 Å². The molecule has 0 radical (unpaired) electrons. The van der Waals surface area contributed by atoms with Gasteiger partial charge in [-0.3, -0.25) is 4.79 Å². The van der Waals surface area contributed by atoms with E-state index in [-0.39, 0.29) is 11.9 Å². The lowest BCUT2D eigenvalue weighted by molar-refractivity contribution is 0.0957. The minimum atomic E-state index is -0.164. The standard InChI is InChI=1S/C13H14Cl2N2OS/c1-7(16)4-5-17-13(18)12-11(15)9-3-2-8(14)6-10(9)19-12/h2-3,6-7H,4-5,16H2,1H3,(H,17,18). The molecule has 1 heterocycles. The average Bonchev–Trinajstić information content (AvgIpc) is 2.65. The Morgan fingerprint density at radius 1 is 1.47 bits per heavy atom. The van der Waals surface area contributed by atoms with Crippen LogP contribution in [0.15, 0.2) is 18.2 Å². The third kappa shape index (κ3) is 3.39. The molecule has 0 saturated carbocycles. The number of rotatable bonds is 4. The van der Waals surface area contributed by atoms with Crippen molar-refractivity contribution in [1.29, 1.82) is 0 Å². The number of nitrogens with one attached hydrogen (secondary N) is 1. The molecule has 1 unspecified atom stereocenters. The van der Waals surface area contributed by atoms with E-state index in [1.54, 1.807) is 6.07 Å². The first-order valence-corrected chi connectivity index (χ1v) is 7.47. The van der Waals surface area contributed by atoms with Crippen LogP contribution in [0.2, 0.25) is 10.0 Å². The molecule has 3 nitrogen and oxygen atoms in total. The monoisotopic (exact) mass is 316 g/mol. The molecule has 19 heavy (non-hydrogen) atoms. The van der Waals surface area contributed by atoms with E-state index in [0.717, 1.165) is 16.5 Å². The van der Waals surface area contributed by atoms with Crippen LogP contribution in [-0.4, -0.2) is 18.5 Å². The number of hydrogen-bond donors (Lipinski definition) is 2. The maximum Gasteiger partial charge on any atom is 0.262 e. The predicted octanol–water partition coefficient (Wildman–Crippen LogP) is 3.68. The smallest absolute Gasteiger partial charge is 0.262 e. The third-order valence-corrected chi connectivity index (χ3v) is 4.57. The highest BCUT2D eigenvalue weighted by Gasteiger charge is 2.16. The minimum Gasteiger partial charge on any atom is -0.351 e. The summed E-state index contributed by atoms with van der Waals surface area (Å²) >= 11 is 13.5. The van der Waals surface area contributed by atoms with Crippen LogP contribution in [-0.2, 0) is 0 Å². The van der Waals surface area contributed by atoms with Crippen LogP contribution < -0.4 is 11.1 Å². The summed E-state index contributed by atoms with van der Waals surface area (Å²) in [4.78, 5) is 12.6. The van der Waals surface area contributed by atoms with Crippen LogP contribution in [0.4, 0.5) is 0 Å². The molecule has 0 spiro atoms. The Labute approximate surface area is 125 Å². The number of nitrogens with two attached hydrogens (primary N) is 1. The van der Waals surface area contributed by atoms with Crippen LogP contribution in [0, 0.1) is 0 Å². The Morgan fingerprint density at radius 2 is 2.21 bits per heavy atom. The second-order valence-electron chi connectivity index (χ2n) is 4.41. The molecule has 1 atom stereocenters. The molecule has 0 aliphatic heterocycles. The summed E-state index contributed by atoms with van der Waals surface area (Å²) in [5.41, 5.74) is 5.64. The van der Waals surface area contributed by atoms with Crippen molar-refractivity contribution in [2.75, 3.05) is 6.54 Å². The normalized spacial score (nSPS) is 12.6. The minimum absolute atomic E-state index is 0.0667. The lowest BCUT2D eigenvalue weighted by Crippen LogP contribution is -2.28. The van der Waals surface area contributed by atoms with E-state index < -0.39 is 0 Å². The topological polar surface area (TPSA) is 55.1 Å². The molecule has 102 valence electrons. The van der Waals surface area contributed by atoms with Gasteiger partial charge in [-0.2, -0.15) is 0 Å². The van der Waals surface area contributed by atoms with Gasteiger partial charge in [-0.15, -0.1) is 11.3 Å². The van der Waals surface area contributed by atoms with Gasteiger partial charge in [0.25, 0.3) is 5.91 Å². The van der Waals surface area contributed by atoms with Gasteiger partial charge in [0, 0.05) is 27.7 Å². The fourth-order valence-electron chi connectivity index (χ4n) is 1.68. The third-order valence-electron chi connectivity index (χ3n) is 2.68. The zero-order chi connectivity index (χ0) is 14.0. The maximum absolute atomic E-state index is 12.0. The number of thiophene rings is 1. The van der Waals surface area contributed by atoms with E-state index in [1.807, 2.05) is 19.1 Å². The van der Waals surface area contributed by atoms with Gasteiger partial charge in [-0.25, -0.2) is 0 Å². The summed E-state index contributed by atoms with van der Waals surface area (Å²) in [6.07, 6.45) is 0.736. The number of hydrogen-bond acceptors (Lipinski definition) is 3. The van der Waals surface area contributed by atoms with E-state index in [9.17, 15) is 4.79 Å². The fourth-order valence-corrected chi connectivity index (χ4v) is 3.39. The van der Waals surface area contributed by atoms with E-state index in [2.05, 4.69) is 5.32 Å². The molecule has 0 bridgehead atoms. The number of amides is 1. The van der Waals surface area contributed by atoms with E-state index >= 15 is 0 Å².